The molecular weight excluding hydrogens is 228 g/mol. The maximum absolute atomic E-state index is 11.6. The number of hydrogen-bond acceptors (Lipinski definition) is 3. The van der Waals surface area contributed by atoms with Gasteiger partial charge in [0.1, 0.15) is 0 Å². The summed E-state index contributed by atoms with van der Waals surface area (Å²) in [5.41, 5.74) is 0. The molecule has 1 saturated carbocycles. The zero-order valence-corrected chi connectivity index (χ0v) is 11.7. The fourth-order valence-corrected chi connectivity index (χ4v) is 2.60. The van der Waals surface area contributed by atoms with Gasteiger partial charge in [-0.1, -0.05) is 20.3 Å². The Hall–Kier alpha value is -0.610. The summed E-state index contributed by atoms with van der Waals surface area (Å²) in [7, 11) is 0. The van der Waals surface area contributed by atoms with Crippen molar-refractivity contribution in [2.24, 2.45) is 11.8 Å². The number of nitrogens with one attached hydrogen (secondary N) is 2. The SMILES string of the molecule is CC(C)NCCCC(=O)NCC1CCCC1CO. The normalized spacial score (nSPS) is 23.6. The molecule has 2 atom stereocenters. The van der Waals surface area contributed by atoms with E-state index in [9.17, 15) is 9.90 Å². The lowest BCUT2D eigenvalue weighted by molar-refractivity contribution is -0.121. The van der Waals surface area contributed by atoms with Crippen LogP contribution >= 0.6 is 0 Å². The Balaban J connectivity index is 2.06. The van der Waals surface area contributed by atoms with Gasteiger partial charge in [-0.3, -0.25) is 4.79 Å². The average molecular weight is 256 g/mol. The third-order valence-electron chi connectivity index (χ3n) is 3.75. The van der Waals surface area contributed by atoms with E-state index in [-0.39, 0.29) is 12.5 Å². The van der Waals surface area contributed by atoms with Gasteiger partial charge in [0, 0.05) is 25.6 Å². The standard InChI is InChI=1S/C14H28N2O2/c1-11(2)15-8-4-7-14(18)16-9-12-5-3-6-13(12)10-17/h11-13,15,17H,3-10H2,1-2H3,(H,16,18). The highest BCUT2D eigenvalue weighted by atomic mass is 16.3. The van der Waals surface area contributed by atoms with Crippen LogP contribution < -0.4 is 10.6 Å². The van der Waals surface area contributed by atoms with Crippen molar-refractivity contribution >= 4 is 5.91 Å². The van der Waals surface area contributed by atoms with E-state index in [0.717, 1.165) is 32.4 Å². The van der Waals surface area contributed by atoms with E-state index in [1.165, 1.54) is 6.42 Å². The molecule has 106 valence electrons. The molecule has 0 radical (unpaired) electrons. The minimum Gasteiger partial charge on any atom is -0.396 e. The van der Waals surface area contributed by atoms with Gasteiger partial charge in [0.25, 0.3) is 0 Å². The van der Waals surface area contributed by atoms with Crippen molar-refractivity contribution in [3.63, 3.8) is 0 Å². The second-order valence-corrected chi connectivity index (χ2v) is 5.65. The molecule has 0 aromatic heterocycles. The molecule has 0 saturated heterocycles. The molecule has 0 spiro atoms. The molecule has 0 bridgehead atoms. The van der Waals surface area contributed by atoms with Crippen molar-refractivity contribution in [1.82, 2.24) is 10.6 Å². The number of amides is 1. The predicted molar refractivity (Wildman–Crippen MR) is 73.3 cm³/mol. The van der Waals surface area contributed by atoms with Crippen LogP contribution in [0.3, 0.4) is 0 Å². The minimum atomic E-state index is 0.143. The Labute approximate surface area is 111 Å². The highest BCUT2D eigenvalue weighted by molar-refractivity contribution is 5.75. The molecular formula is C14H28N2O2. The number of aliphatic hydroxyl groups excluding tert-OH is 1. The van der Waals surface area contributed by atoms with Crippen LogP contribution in [0.5, 0.6) is 0 Å². The first-order valence-corrected chi connectivity index (χ1v) is 7.24. The highest BCUT2D eigenvalue weighted by Gasteiger charge is 2.26. The molecule has 1 rings (SSSR count). The molecule has 0 heterocycles. The molecule has 1 aliphatic rings. The van der Waals surface area contributed by atoms with Crippen LogP contribution in [0, 0.1) is 11.8 Å². The van der Waals surface area contributed by atoms with E-state index in [1.807, 2.05) is 0 Å². The first kappa shape index (κ1) is 15.4. The molecule has 4 heteroatoms. The molecule has 4 nitrogen and oxygen atoms in total. The molecule has 1 amide bonds. The maximum Gasteiger partial charge on any atom is 0.220 e. The second kappa shape index (κ2) is 8.48. The Morgan fingerprint density at radius 3 is 2.72 bits per heavy atom. The number of hydrogen-bond donors (Lipinski definition) is 3. The molecule has 3 N–H and O–H groups in total. The third-order valence-corrected chi connectivity index (χ3v) is 3.75. The van der Waals surface area contributed by atoms with Crippen molar-refractivity contribution in [2.75, 3.05) is 19.7 Å². The number of carbonyl (C=O) groups excluding carboxylic acids is 1. The summed E-state index contributed by atoms with van der Waals surface area (Å²) in [4.78, 5) is 11.6. The zero-order valence-electron chi connectivity index (χ0n) is 11.7. The monoisotopic (exact) mass is 256 g/mol. The molecule has 0 aromatic carbocycles. The molecule has 0 aromatic rings. The van der Waals surface area contributed by atoms with Crippen molar-refractivity contribution in [3.05, 3.63) is 0 Å². The maximum atomic E-state index is 11.6. The zero-order chi connectivity index (χ0) is 13.4. The molecule has 1 aliphatic carbocycles. The third kappa shape index (κ3) is 5.83. The summed E-state index contributed by atoms with van der Waals surface area (Å²) < 4.78 is 0. The fourth-order valence-electron chi connectivity index (χ4n) is 2.60. The van der Waals surface area contributed by atoms with E-state index in [2.05, 4.69) is 24.5 Å². The topological polar surface area (TPSA) is 61.4 Å². The van der Waals surface area contributed by atoms with Crippen LogP contribution in [0.25, 0.3) is 0 Å². The van der Waals surface area contributed by atoms with E-state index >= 15 is 0 Å². The molecule has 1 fully saturated rings. The summed E-state index contributed by atoms with van der Waals surface area (Å²) in [6, 6.07) is 0.483. The summed E-state index contributed by atoms with van der Waals surface area (Å²) in [5.74, 6) is 1.02. The van der Waals surface area contributed by atoms with E-state index < -0.39 is 0 Å². The molecule has 2 unspecified atom stereocenters. The van der Waals surface area contributed by atoms with Gasteiger partial charge in [-0.2, -0.15) is 0 Å². The highest BCUT2D eigenvalue weighted by Crippen LogP contribution is 2.30. The van der Waals surface area contributed by atoms with Crippen LogP contribution in [0.1, 0.15) is 46.0 Å². The van der Waals surface area contributed by atoms with Gasteiger partial charge >= 0.3 is 0 Å². The van der Waals surface area contributed by atoms with E-state index in [4.69, 9.17) is 0 Å². The Bertz CT molecular complexity index is 244. The van der Waals surface area contributed by atoms with Crippen LogP contribution in [0.2, 0.25) is 0 Å². The van der Waals surface area contributed by atoms with Gasteiger partial charge in [-0.05, 0) is 37.6 Å². The quantitative estimate of drug-likeness (QED) is 0.574. The smallest absolute Gasteiger partial charge is 0.220 e. The van der Waals surface area contributed by atoms with E-state index in [0.29, 0.717) is 24.3 Å². The van der Waals surface area contributed by atoms with Gasteiger partial charge in [0.15, 0.2) is 0 Å². The van der Waals surface area contributed by atoms with Gasteiger partial charge in [0.2, 0.25) is 5.91 Å². The number of carbonyl (C=O) groups is 1. The summed E-state index contributed by atoms with van der Waals surface area (Å²) >= 11 is 0. The van der Waals surface area contributed by atoms with Gasteiger partial charge in [0.05, 0.1) is 0 Å². The van der Waals surface area contributed by atoms with E-state index in [1.54, 1.807) is 0 Å². The number of rotatable bonds is 8. The fraction of sp³-hybridized carbons (Fsp3) is 0.929. The Morgan fingerprint density at radius 1 is 1.33 bits per heavy atom. The molecule has 0 aliphatic heterocycles. The lowest BCUT2D eigenvalue weighted by Crippen LogP contribution is -2.32. The van der Waals surface area contributed by atoms with Crippen LogP contribution in [0.4, 0.5) is 0 Å². The molecule has 18 heavy (non-hydrogen) atoms. The lowest BCUT2D eigenvalue weighted by atomic mass is 9.97. The van der Waals surface area contributed by atoms with Crippen molar-refractivity contribution in [3.8, 4) is 0 Å². The number of aliphatic hydroxyl groups is 1. The second-order valence-electron chi connectivity index (χ2n) is 5.65. The Morgan fingerprint density at radius 2 is 2.06 bits per heavy atom. The van der Waals surface area contributed by atoms with Crippen LogP contribution in [-0.2, 0) is 4.79 Å². The largest absolute Gasteiger partial charge is 0.396 e. The average Bonchev–Trinajstić information content (AvgIpc) is 2.79. The summed E-state index contributed by atoms with van der Waals surface area (Å²) in [6.45, 7) is 6.11. The Kier molecular flexibility index (Phi) is 7.28. The first-order chi connectivity index (χ1) is 8.63. The van der Waals surface area contributed by atoms with Crippen molar-refractivity contribution < 1.29 is 9.90 Å². The van der Waals surface area contributed by atoms with Crippen LogP contribution in [-0.4, -0.2) is 36.8 Å². The lowest BCUT2D eigenvalue weighted by Gasteiger charge is -2.17. The summed E-state index contributed by atoms with van der Waals surface area (Å²) in [5, 5.41) is 15.5. The summed E-state index contributed by atoms with van der Waals surface area (Å²) in [6.07, 6.45) is 4.91. The van der Waals surface area contributed by atoms with Gasteiger partial charge < -0.3 is 15.7 Å². The van der Waals surface area contributed by atoms with Crippen molar-refractivity contribution in [2.45, 2.75) is 52.0 Å². The van der Waals surface area contributed by atoms with Gasteiger partial charge in [-0.15, -0.1) is 0 Å². The first-order valence-electron chi connectivity index (χ1n) is 7.24. The van der Waals surface area contributed by atoms with Gasteiger partial charge in [-0.25, -0.2) is 0 Å². The van der Waals surface area contributed by atoms with Crippen molar-refractivity contribution in [1.29, 1.82) is 0 Å². The van der Waals surface area contributed by atoms with Crippen LogP contribution in [0.15, 0.2) is 0 Å². The predicted octanol–water partition coefficient (Wildman–Crippen LogP) is 1.29. The minimum absolute atomic E-state index is 0.143.